The Morgan fingerprint density at radius 3 is 3.05 bits per heavy atom. The van der Waals surface area contributed by atoms with Crippen molar-refractivity contribution in [2.24, 2.45) is 0 Å². The van der Waals surface area contributed by atoms with Crippen molar-refractivity contribution in [1.29, 1.82) is 0 Å². The summed E-state index contributed by atoms with van der Waals surface area (Å²) in [6, 6.07) is 9.99. The monoisotopic (exact) mass is 286 g/mol. The minimum atomic E-state index is -0.309. The lowest BCUT2D eigenvalue weighted by Crippen LogP contribution is -2.37. The molecule has 0 saturated carbocycles. The molecule has 0 bridgehead atoms. The van der Waals surface area contributed by atoms with E-state index in [1.165, 1.54) is 16.9 Å². The highest BCUT2D eigenvalue weighted by Crippen LogP contribution is 2.03. The van der Waals surface area contributed by atoms with Crippen LogP contribution in [-0.4, -0.2) is 29.1 Å². The lowest BCUT2D eigenvalue weighted by molar-refractivity contribution is 0.125. The number of fused-ring (bicyclic) bond motifs is 1. The zero-order chi connectivity index (χ0) is 13.8. The van der Waals surface area contributed by atoms with E-state index in [1.807, 2.05) is 36.4 Å². The van der Waals surface area contributed by atoms with Crippen molar-refractivity contribution in [2.45, 2.75) is 6.42 Å². The fourth-order valence-corrected chi connectivity index (χ4v) is 2.73. The van der Waals surface area contributed by atoms with E-state index in [0.717, 1.165) is 16.3 Å². The predicted molar refractivity (Wildman–Crippen MR) is 78.5 cm³/mol. The minimum Gasteiger partial charge on any atom is -0.449 e. The Morgan fingerprint density at radius 2 is 2.20 bits per heavy atom. The number of carbonyl (C=O) groups excluding carboxylic acids is 1. The van der Waals surface area contributed by atoms with Crippen LogP contribution in [0.4, 0.5) is 4.79 Å². The van der Waals surface area contributed by atoms with Crippen molar-refractivity contribution >= 4 is 29.7 Å². The molecular weight excluding hydrogens is 272 g/mol. The summed E-state index contributed by atoms with van der Waals surface area (Å²) in [6.45, 7) is 0.906. The Balaban J connectivity index is 1.56. The second-order valence-electron chi connectivity index (χ2n) is 4.44. The topological polar surface area (TPSA) is 42.4 Å². The normalized spacial score (nSPS) is 13.1. The molecule has 0 spiro atoms. The van der Waals surface area contributed by atoms with Gasteiger partial charge in [-0.1, -0.05) is 30.3 Å². The number of amides is 1. The van der Waals surface area contributed by atoms with Gasteiger partial charge in [0.15, 0.2) is 0 Å². The molecule has 0 fully saturated rings. The Bertz CT molecular complexity index is 709. The quantitative estimate of drug-likeness (QED) is 0.855. The van der Waals surface area contributed by atoms with E-state index in [1.54, 1.807) is 16.6 Å². The molecule has 20 heavy (non-hydrogen) atoms. The van der Waals surface area contributed by atoms with Gasteiger partial charge in [0.05, 0.1) is 22.0 Å². The predicted octanol–water partition coefficient (Wildman–Crippen LogP) is 1.36. The first-order valence-corrected chi connectivity index (χ1v) is 7.30. The second-order valence-corrected chi connectivity index (χ2v) is 5.32. The van der Waals surface area contributed by atoms with Crippen molar-refractivity contribution in [2.75, 3.05) is 13.2 Å². The summed E-state index contributed by atoms with van der Waals surface area (Å²) in [5.41, 5.74) is 2.95. The number of aromatic nitrogens is 1. The van der Waals surface area contributed by atoms with Crippen molar-refractivity contribution in [3.63, 3.8) is 0 Å². The van der Waals surface area contributed by atoms with Crippen molar-refractivity contribution in [1.82, 2.24) is 9.88 Å². The largest absolute Gasteiger partial charge is 0.449 e. The molecule has 2 aromatic rings. The molecule has 0 aliphatic carbocycles. The van der Waals surface area contributed by atoms with Gasteiger partial charge < -0.3 is 4.74 Å². The SMILES string of the molecule is O=C(OCCc1ccccc1)N1C=c2scnc2=CC1. The Labute approximate surface area is 120 Å². The lowest BCUT2D eigenvalue weighted by atomic mass is 10.2. The number of hydrogen-bond acceptors (Lipinski definition) is 4. The maximum atomic E-state index is 12.0. The third kappa shape index (κ3) is 2.88. The van der Waals surface area contributed by atoms with Crippen LogP contribution in [-0.2, 0) is 11.2 Å². The van der Waals surface area contributed by atoms with Gasteiger partial charge in [-0.05, 0) is 11.6 Å². The Kier molecular flexibility index (Phi) is 3.78. The summed E-state index contributed by atoms with van der Waals surface area (Å²) in [5.74, 6) is 0. The number of carbonyl (C=O) groups is 1. The van der Waals surface area contributed by atoms with E-state index in [2.05, 4.69) is 4.98 Å². The van der Waals surface area contributed by atoms with Gasteiger partial charge in [-0.3, -0.25) is 4.90 Å². The van der Waals surface area contributed by atoms with Gasteiger partial charge >= 0.3 is 6.09 Å². The maximum absolute atomic E-state index is 12.0. The molecule has 0 unspecified atom stereocenters. The average Bonchev–Trinajstić information content (AvgIpc) is 2.95. The molecule has 4 nitrogen and oxygen atoms in total. The highest BCUT2D eigenvalue weighted by molar-refractivity contribution is 7.07. The smallest absolute Gasteiger partial charge is 0.414 e. The van der Waals surface area contributed by atoms with Crippen molar-refractivity contribution in [3.05, 3.63) is 51.3 Å². The summed E-state index contributed by atoms with van der Waals surface area (Å²) in [4.78, 5) is 17.7. The van der Waals surface area contributed by atoms with Crippen LogP contribution in [0.1, 0.15) is 5.56 Å². The summed E-state index contributed by atoms with van der Waals surface area (Å²) >= 11 is 1.52. The molecule has 1 aromatic carbocycles. The molecule has 1 amide bonds. The van der Waals surface area contributed by atoms with Gasteiger partial charge in [0.1, 0.15) is 0 Å². The van der Waals surface area contributed by atoms with Gasteiger partial charge in [0, 0.05) is 19.2 Å². The molecular formula is C15H14N2O2S. The first-order chi connectivity index (χ1) is 9.83. The van der Waals surface area contributed by atoms with Crippen LogP contribution in [0, 0.1) is 0 Å². The second kappa shape index (κ2) is 5.88. The standard InChI is InChI=1S/C15H14N2O2S/c18-15(19-9-7-12-4-2-1-3-5-12)17-8-6-13-14(10-17)20-11-16-13/h1-6,10-11H,7-9H2. The fraction of sp³-hybridized carbons (Fsp3) is 0.200. The molecule has 1 aromatic heterocycles. The highest BCUT2D eigenvalue weighted by Gasteiger charge is 2.14. The lowest BCUT2D eigenvalue weighted by Gasteiger charge is -2.17. The summed E-state index contributed by atoms with van der Waals surface area (Å²) in [5, 5.41) is 0.948. The van der Waals surface area contributed by atoms with Gasteiger partial charge in [-0.25, -0.2) is 9.78 Å². The first-order valence-electron chi connectivity index (χ1n) is 6.42. The van der Waals surface area contributed by atoms with Crippen molar-refractivity contribution in [3.8, 4) is 0 Å². The fourth-order valence-electron chi connectivity index (χ4n) is 2.00. The van der Waals surface area contributed by atoms with E-state index < -0.39 is 0 Å². The van der Waals surface area contributed by atoms with Crippen LogP contribution in [0.25, 0.3) is 12.3 Å². The average molecular weight is 286 g/mol. The summed E-state index contributed by atoms with van der Waals surface area (Å²) < 4.78 is 6.29. The van der Waals surface area contributed by atoms with E-state index in [0.29, 0.717) is 13.2 Å². The zero-order valence-electron chi connectivity index (χ0n) is 10.9. The van der Waals surface area contributed by atoms with Crippen LogP contribution in [0.5, 0.6) is 0 Å². The molecule has 0 radical (unpaired) electrons. The molecule has 2 heterocycles. The number of nitrogens with zero attached hydrogens (tertiary/aromatic N) is 2. The van der Waals surface area contributed by atoms with Crippen LogP contribution in [0.15, 0.2) is 35.8 Å². The van der Waals surface area contributed by atoms with Gasteiger partial charge in [-0.2, -0.15) is 0 Å². The zero-order valence-corrected chi connectivity index (χ0v) is 11.7. The van der Waals surface area contributed by atoms with Gasteiger partial charge in [0.25, 0.3) is 0 Å². The third-order valence-corrected chi connectivity index (χ3v) is 3.85. The van der Waals surface area contributed by atoms with Crippen LogP contribution < -0.4 is 9.88 Å². The molecule has 0 N–H and O–H groups in total. The Hall–Kier alpha value is -2.14. The first kappa shape index (κ1) is 12.9. The highest BCUT2D eigenvalue weighted by atomic mass is 32.1. The Morgan fingerprint density at radius 1 is 1.35 bits per heavy atom. The van der Waals surface area contributed by atoms with Crippen LogP contribution in [0.3, 0.4) is 0 Å². The summed E-state index contributed by atoms with van der Waals surface area (Å²) in [7, 11) is 0. The van der Waals surface area contributed by atoms with Crippen LogP contribution in [0.2, 0.25) is 0 Å². The maximum Gasteiger partial charge on any atom is 0.414 e. The molecule has 0 saturated heterocycles. The molecule has 1 aliphatic rings. The van der Waals surface area contributed by atoms with Gasteiger partial charge in [-0.15, -0.1) is 11.3 Å². The third-order valence-electron chi connectivity index (χ3n) is 3.07. The number of rotatable bonds is 3. The van der Waals surface area contributed by atoms with E-state index in [4.69, 9.17) is 4.74 Å². The van der Waals surface area contributed by atoms with E-state index >= 15 is 0 Å². The number of thiazole rings is 1. The van der Waals surface area contributed by atoms with Crippen LogP contribution >= 0.6 is 11.3 Å². The molecule has 1 aliphatic heterocycles. The van der Waals surface area contributed by atoms with E-state index in [-0.39, 0.29) is 6.09 Å². The molecule has 0 atom stereocenters. The number of benzene rings is 1. The minimum absolute atomic E-state index is 0.309. The molecule has 5 heteroatoms. The number of ether oxygens (including phenoxy) is 1. The molecule has 3 rings (SSSR count). The summed E-state index contributed by atoms with van der Waals surface area (Å²) in [6.07, 6.45) is 4.16. The van der Waals surface area contributed by atoms with E-state index in [9.17, 15) is 4.79 Å². The number of hydrogen-bond donors (Lipinski definition) is 0. The van der Waals surface area contributed by atoms with Crippen molar-refractivity contribution < 1.29 is 9.53 Å². The van der Waals surface area contributed by atoms with Gasteiger partial charge in [0.2, 0.25) is 0 Å². The molecule has 102 valence electrons.